The van der Waals surface area contributed by atoms with E-state index < -0.39 is 28.7 Å². The molecule has 0 aliphatic heterocycles. The van der Waals surface area contributed by atoms with Crippen molar-refractivity contribution in [2.75, 3.05) is 0 Å². The number of aryl methyl sites for hydroxylation is 1. The van der Waals surface area contributed by atoms with Crippen molar-refractivity contribution in [2.45, 2.75) is 6.92 Å². The number of hydrogen-bond acceptors (Lipinski definition) is 5. The summed E-state index contributed by atoms with van der Waals surface area (Å²) in [6.07, 6.45) is 0. The molecule has 0 aliphatic carbocycles. The van der Waals surface area contributed by atoms with Crippen LogP contribution in [0.5, 0.6) is 28.7 Å². The van der Waals surface area contributed by atoms with Crippen LogP contribution in [0, 0.1) is 6.92 Å². The van der Waals surface area contributed by atoms with Gasteiger partial charge in [0.1, 0.15) is 0 Å². The molecular formula is C49H36O5. The van der Waals surface area contributed by atoms with Crippen LogP contribution in [-0.2, 0) is 0 Å². The maximum atomic E-state index is 8.75. The fourth-order valence-electron chi connectivity index (χ4n) is 7.29. The fourth-order valence-corrected chi connectivity index (χ4v) is 7.29. The lowest BCUT2D eigenvalue weighted by molar-refractivity contribution is 0.328. The van der Waals surface area contributed by atoms with E-state index in [4.69, 9.17) is 25.5 Å². The van der Waals surface area contributed by atoms with Crippen molar-refractivity contribution < 1.29 is 25.5 Å². The minimum Gasteiger partial charge on any atom is -0.504 e. The molecule has 0 bridgehead atoms. The van der Waals surface area contributed by atoms with Gasteiger partial charge in [0.2, 0.25) is 17.2 Å². The number of aromatic hydroxyl groups is 5. The van der Waals surface area contributed by atoms with Crippen LogP contribution in [0.3, 0.4) is 0 Å². The predicted octanol–water partition coefficient (Wildman–Crippen LogP) is 12.3. The Morgan fingerprint density at radius 2 is 0.759 bits per heavy atom. The quantitative estimate of drug-likeness (QED) is 0.0713. The summed E-state index contributed by atoms with van der Waals surface area (Å²) in [5, 5.41) is 51.4. The van der Waals surface area contributed by atoms with Gasteiger partial charge in [0.05, 0.1) is 0 Å². The van der Waals surface area contributed by atoms with Gasteiger partial charge >= 0.3 is 0 Å². The second-order valence-electron chi connectivity index (χ2n) is 13.3. The number of benzene rings is 9. The van der Waals surface area contributed by atoms with Gasteiger partial charge in [-0.1, -0.05) is 158 Å². The molecular weight excluding hydrogens is 669 g/mol. The number of fused-ring (bicyclic) bond motifs is 3. The van der Waals surface area contributed by atoms with Crippen molar-refractivity contribution in [1.82, 2.24) is 0 Å². The molecule has 0 spiro atoms. The van der Waals surface area contributed by atoms with Crippen LogP contribution >= 0.6 is 0 Å². The lowest BCUT2D eigenvalue weighted by atomic mass is 9.87. The first kappa shape index (κ1) is 33.9. The Morgan fingerprint density at radius 1 is 0.315 bits per heavy atom. The highest BCUT2D eigenvalue weighted by Gasteiger charge is 2.16. The first-order chi connectivity index (χ1) is 26.3. The van der Waals surface area contributed by atoms with E-state index in [-0.39, 0.29) is 0 Å². The molecule has 54 heavy (non-hydrogen) atoms. The number of phenolic OH excluding ortho intramolecular Hbond substituents is 5. The second kappa shape index (κ2) is 14.1. The topological polar surface area (TPSA) is 101 Å². The molecule has 9 aromatic carbocycles. The van der Waals surface area contributed by atoms with E-state index >= 15 is 0 Å². The molecule has 0 aliphatic rings. The average molecular weight is 705 g/mol. The Kier molecular flexibility index (Phi) is 8.82. The highest BCUT2D eigenvalue weighted by Crippen LogP contribution is 2.47. The highest BCUT2D eigenvalue weighted by molar-refractivity contribution is 6.16. The SMILES string of the molecule is Cc1c2ccccc2c(-c2ccc3cccc(-c4ccc(-c5ccc(-c6ccccc6)cc5)cc4)c3c2)c2ccccc12.Oc1cc(O)c(O)c(O)c1O. The molecule has 5 N–H and O–H groups in total. The summed E-state index contributed by atoms with van der Waals surface area (Å²) in [4.78, 5) is 0. The minimum atomic E-state index is -0.942. The first-order valence-corrected chi connectivity index (χ1v) is 17.6. The second-order valence-corrected chi connectivity index (χ2v) is 13.3. The summed E-state index contributed by atoms with van der Waals surface area (Å²) in [6, 6.07) is 60.4. The molecule has 0 aromatic heterocycles. The minimum absolute atomic E-state index is 0.696. The van der Waals surface area contributed by atoms with Crippen molar-refractivity contribution in [3.8, 4) is 73.3 Å². The smallest absolute Gasteiger partial charge is 0.208 e. The van der Waals surface area contributed by atoms with E-state index in [2.05, 4.69) is 171 Å². The van der Waals surface area contributed by atoms with E-state index in [1.807, 2.05) is 0 Å². The third-order valence-corrected chi connectivity index (χ3v) is 10.1. The Labute approximate surface area is 312 Å². The van der Waals surface area contributed by atoms with E-state index in [0.29, 0.717) is 6.07 Å². The van der Waals surface area contributed by atoms with Crippen LogP contribution in [0.1, 0.15) is 5.56 Å². The van der Waals surface area contributed by atoms with Gasteiger partial charge in [-0.05, 0) is 95.4 Å². The molecule has 0 fully saturated rings. The molecule has 0 saturated carbocycles. The van der Waals surface area contributed by atoms with Gasteiger partial charge in [-0.25, -0.2) is 0 Å². The Balaban J connectivity index is 0.000000325. The molecule has 9 aromatic rings. The van der Waals surface area contributed by atoms with E-state index in [1.165, 1.54) is 82.4 Å². The molecule has 9 rings (SSSR count). The van der Waals surface area contributed by atoms with E-state index in [1.54, 1.807) is 0 Å². The zero-order chi connectivity index (χ0) is 37.3. The lowest BCUT2D eigenvalue weighted by Gasteiger charge is -2.16. The van der Waals surface area contributed by atoms with Crippen LogP contribution in [0.15, 0.2) is 170 Å². The van der Waals surface area contributed by atoms with Crippen LogP contribution < -0.4 is 0 Å². The van der Waals surface area contributed by atoms with Crippen molar-refractivity contribution in [1.29, 1.82) is 0 Å². The Morgan fingerprint density at radius 3 is 1.30 bits per heavy atom. The molecule has 0 amide bonds. The maximum Gasteiger partial charge on any atom is 0.208 e. The zero-order valence-electron chi connectivity index (χ0n) is 29.4. The average Bonchev–Trinajstić information content (AvgIpc) is 3.23. The summed E-state index contributed by atoms with van der Waals surface area (Å²) in [6.45, 7) is 2.24. The molecule has 0 atom stereocenters. The number of hydrogen-bond donors (Lipinski definition) is 5. The van der Waals surface area contributed by atoms with E-state index in [9.17, 15) is 0 Å². The van der Waals surface area contributed by atoms with Crippen molar-refractivity contribution in [3.05, 3.63) is 175 Å². The summed E-state index contributed by atoms with van der Waals surface area (Å²) >= 11 is 0. The maximum absolute atomic E-state index is 8.75. The van der Waals surface area contributed by atoms with E-state index in [0.717, 1.165) is 0 Å². The predicted molar refractivity (Wildman–Crippen MR) is 220 cm³/mol. The van der Waals surface area contributed by atoms with Crippen molar-refractivity contribution in [2.24, 2.45) is 0 Å². The Hall–Kier alpha value is -7.24. The van der Waals surface area contributed by atoms with Gasteiger partial charge in [0.25, 0.3) is 0 Å². The molecule has 0 heterocycles. The van der Waals surface area contributed by atoms with Gasteiger partial charge in [0, 0.05) is 6.07 Å². The monoisotopic (exact) mass is 704 g/mol. The van der Waals surface area contributed by atoms with Gasteiger partial charge in [-0.2, -0.15) is 0 Å². The number of rotatable bonds is 4. The summed E-state index contributed by atoms with van der Waals surface area (Å²) < 4.78 is 0. The first-order valence-electron chi connectivity index (χ1n) is 17.6. The summed E-state index contributed by atoms with van der Waals surface area (Å²) in [5.74, 6) is -4.06. The van der Waals surface area contributed by atoms with Crippen LogP contribution in [0.4, 0.5) is 0 Å². The standard InChI is InChI=1S/C43H30.C6H6O5/c1-29-37-13-5-7-15-40(37)43(41-16-8-6-14-38(29)41)36-27-26-34-12-9-17-39(42(34)28-36)35-24-22-33(23-25-35)32-20-18-31(19-21-32)30-10-3-2-4-11-30;7-2-1-3(8)5(10)6(11)4(2)9/h2-28H,1H3;1,7-11H. The Bertz CT molecular complexity index is 2720. The summed E-state index contributed by atoms with van der Waals surface area (Å²) in [5.41, 5.74) is 11.3. The lowest BCUT2D eigenvalue weighted by Crippen LogP contribution is -1.90. The fraction of sp³-hybridized carbons (Fsp3) is 0.0204. The zero-order valence-corrected chi connectivity index (χ0v) is 29.4. The molecule has 5 heteroatoms. The third-order valence-electron chi connectivity index (χ3n) is 10.1. The van der Waals surface area contributed by atoms with Crippen LogP contribution in [0.2, 0.25) is 0 Å². The van der Waals surface area contributed by atoms with Gasteiger partial charge < -0.3 is 25.5 Å². The van der Waals surface area contributed by atoms with Crippen molar-refractivity contribution >= 4 is 32.3 Å². The van der Waals surface area contributed by atoms with Crippen molar-refractivity contribution in [3.63, 3.8) is 0 Å². The van der Waals surface area contributed by atoms with Crippen LogP contribution in [-0.4, -0.2) is 25.5 Å². The normalized spacial score (nSPS) is 11.1. The molecule has 262 valence electrons. The third kappa shape index (κ3) is 6.18. The van der Waals surface area contributed by atoms with Gasteiger partial charge in [-0.3, -0.25) is 0 Å². The summed E-state index contributed by atoms with van der Waals surface area (Å²) in [7, 11) is 0. The number of phenols is 5. The molecule has 0 saturated heterocycles. The van der Waals surface area contributed by atoms with Gasteiger partial charge in [-0.15, -0.1) is 0 Å². The molecule has 0 unspecified atom stereocenters. The van der Waals surface area contributed by atoms with Crippen LogP contribution in [0.25, 0.3) is 76.8 Å². The molecule has 0 radical (unpaired) electrons. The molecule has 5 nitrogen and oxygen atoms in total. The largest absolute Gasteiger partial charge is 0.504 e. The van der Waals surface area contributed by atoms with Gasteiger partial charge in [0.15, 0.2) is 11.5 Å². The highest BCUT2D eigenvalue weighted by atomic mass is 16.4.